The van der Waals surface area contributed by atoms with Gasteiger partial charge in [-0.15, -0.1) is 0 Å². The molecule has 128 valence electrons. The predicted octanol–water partition coefficient (Wildman–Crippen LogP) is 1.32. The van der Waals surface area contributed by atoms with E-state index in [1.165, 1.54) is 10.9 Å². The Morgan fingerprint density at radius 1 is 1.36 bits per heavy atom. The molecular weight excluding hydrogens is 324 g/mol. The molecule has 0 saturated carbocycles. The Kier molecular flexibility index (Phi) is 3.72. The summed E-state index contributed by atoms with van der Waals surface area (Å²) in [5, 5.41) is 11.0. The van der Waals surface area contributed by atoms with Gasteiger partial charge in [0.2, 0.25) is 5.76 Å². The minimum Gasteiger partial charge on any atom is -0.461 e. The molecule has 1 amide bonds. The summed E-state index contributed by atoms with van der Waals surface area (Å²) in [6.45, 7) is 0. The number of rotatable bonds is 3. The Hall–Kier alpha value is -3.16. The van der Waals surface area contributed by atoms with Crippen LogP contribution in [0.1, 0.15) is 28.2 Å². The van der Waals surface area contributed by atoms with Gasteiger partial charge in [0, 0.05) is 25.2 Å². The topological polar surface area (TPSA) is 103 Å². The van der Waals surface area contributed by atoms with Crippen LogP contribution in [0.4, 0.5) is 0 Å². The fourth-order valence-corrected chi connectivity index (χ4v) is 2.99. The maximum atomic E-state index is 12.4. The van der Waals surface area contributed by atoms with E-state index in [4.69, 9.17) is 8.94 Å². The smallest absolute Gasteiger partial charge is 0.273 e. The maximum Gasteiger partial charge on any atom is 0.273 e. The molecule has 0 saturated heterocycles. The lowest BCUT2D eigenvalue weighted by Gasteiger charge is -2.24. The van der Waals surface area contributed by atoms with Gasteiger partial charge in [-0.2, -0.15) is 5.10 Å². The summed E-state index contributed by atoms with van der Waals surface area (Å²) in [6.07, 6.45) is 3.57. The highest BCUT2D eigenvalue weighted by molar-refractivity contribution is 5.93. The summed E-state index contributed by atoms with van der Waals surface area (Å²) in [5.74, 6) is 0.601. The lowest BCUT2D eigenvalue weighted by atomic mass is 9.92. The standard InChI is InChI=1S/C17H16N4O4/c1-21-16(22)8-10-7-11(4-5-12(10)19-21)18-17(23)13-9-15(25-20-13)14-3-2-6-24-14/h2-3,6,8-9,11H,4-5,7H2,1H3,(H,18,23)/t11-/m1/s1. The van der Waals surface area contributed by atoms with Crippen LogP contribution in [0.25, 0.3) is 11.5 Å². The van der Waals surface area contributed by atoms with E-state index in [9.17, 15) is 9.59 Å². The Labute approximate surface area is 142 Å². The quantitative estimate of drug-likeness (QED) is 0.771. The van der Waals surface area contributed by atoms with Crippen LogP contribution >= 0.6 is 0 Å². The van der Waals surface area contributed by atoms with Gasteiger partial charge >= 0.3 is 0 Å². The molecule has 0 aliphatic heterocycles. The van der Waals surface area contributed by atoms with Crippen molar-refractivity contribution in [1.82, 2.24) is 20.3 Å². The van der Waals surface area contributed by atoms with Crippen LogP contribution < -0.4 is 10.9 Å². The first kappa shape index (κ1) is 15.4. The Morgan fingerprint density at radius 3 is 3.04 bits per heavy atom. The molecule has 0 fully saturated rings. The number of furan rings is 1. The molecule has 1 N–H and O–H groups in total. The zero-order valence-electron chi connectivity index (χ0n) is 13.6. The van der Waals surface area contributed by atoms with Crippen LogP contribution in [0, 0.1) is 0 Å². The van der Waals surface area contributed by atoms with Crippen molar-refractivity contribution in [2.45, 2.75) is 25.3 Å². The van der Waals surface area contributed by atoms with E-state index in [0.29, 0.717) is 24.4 Å². The number of aryl methyl sites for hydroxylation is 2. The first-order valence-electron chi connectivity index (χ1n) is 7.98. The zero-order chi connectivity index (χ0) is 17.4. The van der Waals surface area contributed by atoms with Gasteiger partial charge in [0.15, 0.2) is 11.5 Å². The number of aromatic nitrogens is 3. The Bertz CT molecular complexity index is 971. The molecule has 3 aromatic heterocycles. The highest BCUT2D eigenvalue weighted by Gasteiger charge is 2.24. The van der Waals surface area contributed by atoms with E-state index in [0.717, 1.165) is 17.7 Å². The van der Waals surface area contributed by atoms with Crippen molar-refractivity contribution in [2.24, 2.45) is 7.05 Å². The first-order valence-corrected chi connectivity index (χ1v) is 7.98. The minimum atomic E-state index is -0.313. The molecule has 0 bridgehead atoms. The van der Waals surface area contributed by atoms with E-state index in [1.807, 2.05) is 0 Å². The predicted molar refractivity (Wildman–Crippen MR) is 87.0 cm³/mol. The third kappa shape index (κ3) is 2.98. The van der Waals surface area contributed by atoms with Crippen molar-refractivity contribution < 1.29 is 13.7 Å². The molecule has 3 heterocycles. The number of fused-ring (bicyclic) bond motifs is 1. The molecule has 0 spiro atoms. The van der Waals surface area contributed by atoms with Crippen molar-refractivity contribution in [3.63, 3.8) is 0 Å². The highest BCUT2D eigenvalue weighted by Crippen LogP contribution is 2.21. The van der Waals surface area contributed by atoms with Crippen LogP contribution in [-0.2, 0) is 19.9 Å². The fraction of sp³-hybridized carbons (Fsp3) is 0.294. The monoisotopic (exact) mass is 340 g/mol. The second-order valence-corrected chi connectivity index (χ2v) is 6.05. The molecule has 1 atom stereocenters. The third-order valence-electron chi connectivity index (χ3n) is 4.30. The molecular formula is C17H16N4O4. The van der Waals surface area contributed by atoms with Crippen molar-refractivity contribution in [3.8, 4) is 11.5 Å². The summed E-state index contributed by atoms with van der Waals surface area (Å²) in [5.41, 5.74) is 1.84. The van der Waals surface area contributed by atoms with Gasteiger partial charge in [-0.25, -0.2) is 4.68 Å². The number of carbonyl (C=O) groups excluding carboxylic acids is 1. The molecule has 8 heteroatoms. The molecule has 0 unspecified atom stereocenters. The van der Waals surface area contributed by atoms with Gasteiger partial charge in [-0.1, -0.05) is 5.16 Å². The molecule has 0 aromatic carbocycles. The van der Waals surface area contributed by atoms with E-state index >= 15 is 0 Å². The van der Waals surface area contributed by atoms with Crippen molar-refractivity contribution in [1.29, 1.82) is 0 Å². The van der Waals surface area contributed by atoms with Gasteiger partial charge in [0.25, 0.3) is 11.5 Å². The maximum absolute atomic E-state index is 12.4. The van der Waals surface area contributed by atoms with Gasteiger partial charge in [0.05, 0.1) is 12.0 Å². The van der Waals surface area contributed by atoms with Crippen LogP contribution in [-0.4, -0.2) is 26.9 Å². The Morgan fingerprint density at radius 2 is 2.24 bits per heavy atom. The molecule has 4 rings (SSSR count). The third-order valence-corrected chi connectivity index (χ3v) is 4.30. The van der Waals surface area contributed by atoms with Crippen LogP contribution in [0.3, 0.4) is 0 Å². The second-order valence-electron chi connectivity index (χ2n) is 6.05. The summed E-state index contributed by atoms with van der Waals surface area (Å²) in [7, 11) is 1.64. The number of amides is 1. The molecule has 25 heavy (non-hydrogen) atoms. The average molecular weight is 340 g/mol. The normalized spacial score (nSPS) is 16.4. The van der Waals surface area contributed by atoms with E-state index in [-0.39, 0.29) is 23.2 Å². The van der Waals surface area contributed by atoms with Crippen molar-refractivity contribution in [2.75, 3.05) is 0 Å². The average Bonchev–Trinajstić information content (AvgIpc) is 3.27. The summed E-state index contributed by atoms with van der Waals surface area (Å²) in [6, 6.07) is 6.52. The summed E-state index contributed by atoms with van der Waals surface area (Å²) < 4.78 is 11.7. The SMILES string of the molecule is Cn1nc2c(cc1=O)C[C@H](NC(=O)c1cc(-c3ccco3)on1)CC2. The summed E-state index contributed by atoms with van der Waals surface area (Å²) >= 11 is 0. The van der Waals surface area contributed by atoms with Gasteiger partial charge in [0.1, 0.15) is 0 Å². The lowest BCUT2D eigenvalue weighted by molar-refractivity contribution is 0.0924. The molecule has 8 nitrogen and oxygen atoms in total. The summed E-state index contributed by atoms with van der Waals surface area (Å²) in [4.78, 5) is 24.1. The van der Waals surface area contributed by atoms with E-state index in [1.54, 1.807) is 31.3 Å². The largest absolute Gasteiger partial charge is 0.461 e. The zero-order valence-corrected chi connectivity index (χ0v) is 13.6. The van der Waals surface area contributed by atoms with Gasteiger partial charge in [-0.05, 0) is 37.0 Å². The number of hydrogen-bond acceptors (Lipinski definition) is 6. The van der Waals surface area contributed by atoms with Gasteiger partial charge in [-0.3, -0.25) is 9.59 Å². The first-order chi connectivity index (χ1) is 12.1. The molecule has 1 aliphatic rings. The van der Waals surface area contributed by atoms with Crippen LogP contribution in [0.2, 0.25) is 0 Å². The van der Waals surface area contributed by atoms with Crippen molar-refractivity contribution >= 4 is 5.91 Å². The van der Waals surface area contributed by atoms with Crippen molar-refractivity contribution in [3.05, 3.63) is 57.8 Å². The number of carbonyl (C=O) groups is 1. The number of nitrogens with zero attached hydrogens (tertiary/aromatic N) is 3. The lowest BCUT2D eigenvalue weighted by Crippen LogP contribution is -2.40. The molecule has 0 radical (unpaired) electrons. The minimum absolute atomic E-state index is 0.0716. The highest BCUT2D eigenvalue weighted by atomic mass is 16.5. The number of nitrogens with one attached hydrogen (secondary N) is 1. The van der Waals surface area contributed by atoms with E-state index < -0.39 is 0 Å². The van der Waals surface area contributed by atoms with Crippen LogP contribution in [0.5, 0.6) is 0 Å². The van der Waals surface area contributed by atoms with E-state index in [2.05, 4.69) is 15.6 Å². The molecule has 1 aliphatic carbocycles. The molecule has 3 aromatic rings. The fourth-order valence-electron chi connectivity index (χ4n) is 2.99. The number of hydrogen-bond donors (Lipinski definition) is 1. The second kappa shape index (κ2) is 6.04. The van der Waals surface area contributed by atoms with Gasteiger partial charge < -0.3 is 14.3 Å². The van der Waals surface area contributed by atoms with Crippen LogP contribution in [0.15, 0.2) is 44.3 Å². The Balaban J connectivity index is 1.46.